The highest BCUT2D eigenvalue weighted by atomic mass is 32.2. The summed E-state index contributed by atoms with van der Waals surface area (Å²) in [7, 11) is 0. The Hall–Kier alpha value is -3.26. The number of anilines is 1. The molecule has 2 unspecified atom stereocenters. The van der Waals surface area contributed by atoms with Crippen molar-refractivity contribution in [3.63, 3.8) is 0 Å². The van der Waals surface area contributed by atoms with Crippen LogP contribution in [0.4, 0.5) is 5.69 Å². The van der Waals surface area contributed by atoms with E-state index < -0.39 is 17.4 Å². The van der Waals surface area contributed by atoms with E-state index in [1.165, 1.54) is 4.90 Å². The van der Waals surface area contributed by atoms with E-state index in [0.717, 1.165) is 5.69 Å². The minimum atomic E-state index is -1.20. The second-order valence-electron chi connectivity index (χ2n) is 7.15. The van der Waals surface area contributed by atoms with Gasteiger partial charge < -0.3 is 10.2 Å². The third kappa shape index (κ3) is 3.78. The molecule has 0 radical (unpaired) electrons. The van der Waals surface area contributed by atoms with Gasteiger partial charge in [0.05, 0.1) is 11.8 Å². The van der Waals surface area contributed by atoms with Gasteiger partial charge in [-0.2, -0.15) is 5.48 Å². The van der Waals surface area contributed by atoms with Gasteiger partial charge >= 0.3 is 5.97 Å². The molecule has 2 N–H and O–H groups in total. The Labute approximate surface area is 178 Å². The van der Waals surface area contributed by atoms with E-state index in [1.54, 1.807) is 24.8 Å². The molecule has 154 valence electrons. The van der Waals surface area contributed by atoms with Gasteiger partial charge in [0, 0.05) is 11.4 Å². The maximum absolute atomic E-state index is 13.1. The van der Waals surface area contributed by atoms with Crippen molar-refractivity contribution in [2.24, 2.45) is 0 Å². The summed E-state index contributed by atoms with van der Waals surface area (Å²) >= 11 is 1.59. The molecule has 0 spiro atoms. The Morgan fingerprint density at radius 1 is 1.10 bits per heavy atom. The molecule has 2 aliphatic rings. The molecule has 2 atom stereocenters. The minimum absolute atomic E-state index is 0.0323. The second kappa shape index (κ2) is 8.23. The molecule has 0 bridgehead atoms. The zero-order valence-electron chi connectivity index (χ0n) is 16.3. The molecule has 7 nitrogen and oxygen atoms in total. The molecule has 1 saturated heterocycles. The van der Waals surface area contributed by atoms with Crippen molar-refractivity contribution in [1.82, 2.24) is 10.4 Å². The quantitative estimate of drug-likeness (QED) is 0.568. The summed E-state index contributed by atoms with van der Waals surface area (Å²) in [5, 5.41) is 3.19. The first-order valence-electron chi connectivity index (χ1n) is 9.53. The van der Waals surface area contributed by atoms with Crippen molar-refractivity contribution in [2.45, 2.75) is 24.3 Å². The maximum Gasteiger partial charge on any atom is 0.379 e. The van der Waals surface area contributed by atoms with Gasteiger partial charge in [-0.25, -0.2) is 4.79 Å². The van der Waals surface area contributed by atoms with E-state index in [2.05, 4.69) is 10.8 Å². The van der Waals surface area contributed by atoms with Gasteiger partial charge in [-0.3, -0.25) is 14.5 Å². The highest BCUT2D eigenvalue weighted by Crippen LogP contribution is 2.37. The Bertz CT molecular complexity index is 996. The summed E-state index contributed by atoms with van der Waals surface area (Å²) in [5.74, 6) is -0.800. The molecule has 30 heavy (non-hydrogen) atoms. The number of carbonyl (C=O) groups excluding carboxylic acids is 3. The molecule has 2 aliphatic heterocycles. The van der Waals surface area contributed by atoms with Crippen molar-refractivity contribution in [1.29, 1.82) is 0 Å². The first kappa shape index (κ1) is 20.0. The standard InChI is InChI=1S/C22H21N3O4S/c1-22(15-8-4-2-5-9-15,23-16-10-6-3-7-11-16)21(28)24-29-20(27)17-12-13-30-19-14-18(26)25(17)19/h2-12,19,23H,13-14H2,1H3,(H,24,28). The normalized spacial score (nSPS) is 19.5. The first-order valence-corrected chi connectivity index (χ1v) is 10.6. The van der Waals surface area contributed by atoms with Crippen LogP contribution in [-0.4, -0.2) is 33.8 Å². The number of rotatable bonds is 5. The van der Waals surface area contributed by atoms with Crippen LogP contribution in [-0.2, 0) is 24.8 Å². The van der Waals surface area contributed by atoms with Gasteiger partial charge in [0.2, 0.25) is 5.91 Å². The largest absolute Gasteiger partial charge is 0.379 e. The van der Waals surface area contributed by atoms with Crippen LogP contribution in [0, 0.1) is 0 Å². The average molecular weight is 423 g/mol. The number of benzene rings is 2. The molecular formula is C22H21N3O4S. The number of para-hydroxylation sites is 1. The third-order valence-electron chi connectivity index (χ3n) is 5.15. The van der Waals surface area contributed by atoms with Crippen LogP contribution in [0.3, 0.4) is 0 Å². The van der Waals surface area contributed by atoms with Crippen LogP contribution in [0.2, 0.25) is 0 Å². The van der Waals surface area contributed by atoms with E-state index in [0.29, 0.717) is 17.7 Å². The van der Waals surface area contributed by atoms with Gasteiger partial charge in [-0.05, 0) is 30.7 Å². The van der Waals surface area contributed by atoms with Gasteiger partial charge in [0.1, 0.15) is 11.2 Å². The van der Waals surface area contributed by atoms with Gasteiger partial charge in [-0.1, -0.05) is 48.5 Å². The van der Waals surface area contributed by atoms with Crippen LogP contribution in [0.5, 0.6) is 0 Å². The van der Waals surface area contributed by atoms with Gasteiger partial charge in [0.25, 0.3) is 5.91 Å². The Morgan fingerprint density at radius 3 is 2.43 bits per heavy atom. The van der Waals surface area contributed by atoms with Gasteiger partial charge in [-0.15, -0.1) is 11.8 Å². The van der Waals surface area contributed by atoms with Crippen molar-refractivity contribution >= 4 is 35.2 Å². The van der Waals surface area contributed by atoms with Crippen LogP contribution < -0.4 is 10.8 Å². The summed E-state index contributed by atoms with van der Waals surface area (Å²) in [6, 6.07) is 18.5. The number of fused-ring (bicyclic) bond motifs is 1. The molecule has 0 aliphatic carbocycles. The zero-order valence-corrected chi connectivity index (χ0v) is 17.1. The Morgan fingerprint density at radius 2 is 1.77 bits per heavy atom. The zero-order chi connectivity index (χ0) is 21.1. The summed E-state index contributed by atoms with van der Waals surface area (Å²) in [6.45, 7) is 1.71. The number of nitrogens with one attached hydrogen (secondary N) is 2. The molecule has 4 rings (SSSR count). The molecule has 1 fully saturated rings. The molecular weight excluding hydrogens is 402 g/mol. The van der Waals surface area contributed by atoms with Crippen molar-refractivity contribution in [3.05, 3.63) is 78.0 Å². The fraction of sp³-hybridized carbons (Fsp3) is 0.227. The fourth-order valence-corrected chi connectivity index (χ4v) is 4.53. The Kier molecular flexibility index (Phi) is 5.50. The van der Waals surface area contributed by atoms with Crippen molar-refractivity contribution in [2.75, 3.05) is 11.1 Å². The number of nitrogens with zero attached hydrogens (tertiary/aromatic N) is 1. The first-order chi connectivity index (χ1) is 14.5. The van der Waals surface area contributed by atoms with E-state index in [-0.39, 0.29) is 17.0 Å². The molecule has 2 amide bonds. The highest BCUT2D eigenvalue weighted by molar-refractivity contribution is 8.00. The number of hydroxylamine groups is 1. The van der Waals surface area contributed by atoms with E-state index >= 15 is 0 Å². The summed E-state index contributed by atoms with van der Waals surface area (Å²) in [5.41, 5.74) is 2.70. The number of hydrogen-bond donors (Lipinski definition) is 2. The molecule has 8 heteroatoms. The van der Waals surface area contributed by atoms with Gasteiger partial charge in [0.15, 0.2) is 0 Å². The average Bonchev–Trinajstić information content (AvgIpc) is 2.77. The number of thioether (sulfide) groups is 1. The van der Waals surface area contributed by atoms with Crippen LogP contribution >= 0.6 is 11.8 Å². The van der Waals surface area contributed by atoms with Crippen LogP contribution in [0.25, 0.3) is 0 Å². The summed E-state index contributed by atoms with van der Waals surface area (Å²) in [6.07, 6.45) is 2.06. The molecule has 0 saturated carbocycles. The Balaban J connectivity index is 1.50. The number of β-lactam (4-membered cyclic amide) rings is 1. The molecule has 2 aromatic rings. The van der Waals surface area contributed by atoms with Crippen LogP contribution in [0.1, 0.15) is 18.9 Å². The maximum atomic E-state index is 13.1. The van der Waals surface area contributed by atoms with Crippen molar-refractivity contribution in [3.8, 4) is 0 Å². The van der Waals surface area contributed by atoms with E-state index in [1.807, 2.05) is 60.7 Å². The predicted molar refractivity (Wildman–Crippen MR) is 114 cm³/mol. The lowest BCUT2D eigenvalue weighted by molar-refractivity contribution is -0.160. The number of hydrogen-bond acceptors (Lipinski definition) is 6. The summed E-state index contributed by atoms with van der Waals surface area (Å²) < 4.78 is 0. The smallest absolute Gasteiger partial charge is 0.368 e. The molecule has 0 aromatic heterocycles. The van der Waals surface area contributed by atoms with Crippen molar-refractivity contribution < 1.29 is 19.2 Å². The third-order valence-corrected chi connectivity index (χ3v) is 6.27. The second-order valence-corrected chi connectivity index (χ2v) is 8.36. The highest BCUT2D eigenvalue weighted by Gasteiger charge is 2.44. The van der Waals surface area contributed by atoms with E-state index in [9.17, 15) is 14.4 Å². The predicted octanol–water partition coefficient (Wildman–Crippen LogP) is 2.78. The number of amides is 2. The summed E-state index contributed by atoms with van der Waals surface area (Å²) in [4.78, 5) is 44.0. The lowest BCUT2D eigenvalue weighted by atomic mass is 9.90. The lowest BCUT2D eigenvalue weighted by Gasteiger charge is -2.42. The van der Waals surface area contributed by atoms with E-state index in [4.69, 9.17) is 4.84 Å². The minimum Gasteiger partial charge on any atom is -0.368 e. The van der Waals surface area contributed by atoms with Crippen LogP contribution in [0.15, 0.2) is 72.4 Å². The fourth-order valence-electron chi connectivity index (χ4n) is 3.42. The topological polar surface area (TPSA) is 87.7 Å². The number of carbonyl (C=O) groups is 3. The molecule has 2 heterocycles. The molecule has 2 aromatic carbocycles. The monoisotopic (exact) mass is 423 g/mol. The lowest BCUT2D eigenvalue weighted by Crippen LogP contribution is -2.54. The SMILES string of the molecule is CC(Nc1ccccc1)(C(=O)NOC(=O)C1=CCSC2CC(=O)N12)c1ccccc1.